The van der Waals surface area contributed by atoms with Gasteiger partial charge in [-0.25, -0.2) is 0 Å². The van der Waals surface area contributed by atoms with Crippen LogP contribution in [0, 0.1) is 13.8 Å². The average Bonchev–Trinajstić information content (AvgIpc) is 4.16. The molecule has 0 radical (unpaired) electrons. The molecule has 0 N–H and O–H groups in total. The van der Waals surface area contributed by atoms with Gasteiger partial charge in [0, 0.05) is 48.8 Å². The molecular weight excluding hydrogens is 885 g/mol. The Morgan fingerprint density at radius 2 is 0.904 bits per heavy atom. The molecule has 0 bridgehead atoms. The molecule has 0 spiro atoms. The molecule has 0 saturated heterocycles. The Morgan fingerprint density at radius 3 is 1.63 bits per heavy atom. The Hall–Kier alpha value is -7.42. The van der Waals surface area contributed by atoms with Crippen LogP contribution in [0.15, 0.2) is 160 Å². The van der Waals surface area contributed by atoms with E-state index in [2.05, 4.69) is 221 Å². The van der Waals surface area contributed by atoms with Gasteiger partial charge in [-0.3, -0.25) is 0 Å². The van der Waals surface area contributed by atoms with E-state index in [1.165, 1.54) is 138 Å². The van der Waals surface area contributed by atoms with Gasteiger partial charge in [0.25, 0.3) is 0 Å². The summed E-state index contributed by atoms with van der Waals surface area (Å²) in [5, 5.41) is 4.89. The van der Waals surface area contributed by atoms with Crippen molar-refractivity contribution in [3.05, 3.63) is 224 Å². The van der Waals surface area contributed by atoms with E-state index in [1.54, 1.807) is 0 Å². The largest absolute Gasteiger partial charge is 0.456 e. The second kappa shape index (κ2) is 14.2. The topological polar surface area (TPSA) is 26.3 Å². The van der Waals surface area contributed by atoms with Crippen molar-refractivity contribution in [2.45, 2.75) is 110 Å². The van der Waals surface area contributed by atoms with Crippen LogP contribution in [0.4, 0.5) is 0 Å². The van der Waals surface area contributed by atoms with Crippen LogP contribution >= 0.6 is 0 Å². The average molecular weight is 945 g/mol. The molecule has 9 aromatic carbocycles. The SMILES string of the molecule is Cc1cccc(C)c1C(Cc1ccc2c(c1)C(C)(C)c1cc3c(cc1-2)C(C)(C)c1ccc2oc4ccccc4c2c1-3)Cc1ccc2c(c1)C(C)(C)c1c3c(c4oc5ccccc5c4c1-2)-c1ccccc1C3(C)C. The molecule has 2 aromatic heterocycles. The number of hydrogen-bond acceptors (Lipinski definition) is 2. The molecule has 4 aliphatic carbocycles. The summed E-state index contributed by atoms with van der Waals surface area (Å²) in [6.07, 6.45) is 1.90. The molecule has 1 atom stereocenters. The number of para-hydroxylation sites is 2. The summed E-state index contributed by atoms with van der Waals surface area (Å²) in [6.45, 7) is 24.2. The number of rotatable bonds is 5. The summed E-state index contributed by atoms with van der Waals surface area (Å²) >= 11 is 0. The first kappa shape index (κ1) is 43.2. The summed E-state index contributed by atoms with van der Waals surface area (Å²) < 4.78 is 13.4. The van der Waals surface area contributed by atoms with E-state index in [1.807, 2.05) is 0 Å². The standard InChI is InChI=1S/C71H60O2/c1-38-18-17-19-39(2)59(38)42(32-40-26-28-43-48-36-55-49(37-54(48)69(5,6)52(43)34-40)60-51(68(55,3)4)30-31-58-61(60)46-21-12-15-24-56(46)72-58)33-41-27-29-45-53(35-41)71(9,10)65-62(45)63-47-22-13-16-25-57(47)73-67(63)64-44-20-11-14-23-50(44)70(7,8)66(64)65/h11-31,34-37,42H,32-33H2,1-10H3. The van der Waals surface area contributed by atoms with Crippen molar-refractivity contribution in [1.29, 1.82) is 0 Å². The van der Waals surface area contributed by atoms with Gasteiger partial charge in [0.05, 0.1) is 0 Å². The molecule has 2 heteroatoms. The highest BCUT2D eigenvalue weighted by Gasteiger charge is 2.49. The molecule has 11 aromatic rings. The Bertz CT molecular complexity index is 4270. The van der Waals surface area contributed by atoms with Crippen molar-refractivity contribution in [3.63, 3.8) is 0 Å². The summed E-state index contributed by atoms with van der Waals surface area (Å²) in [6, 6.07) is 57.7. The third-order valence-corrected chi connectivity index (χ3v) is 18.9. The van der Waals surface area contributed by atoms with Crippen LogP contribution in [0.3, 0.4) is 0 Å². The van der Waals surface area contributed by atoms with Gasteiger partial charge in [-0.2, -0.15) is 0 Å². The zero-order chi connectivity index (χ0) is 49.8. The van der Waals surface area contributed by atoms with Gasteiger partial charge in [0.2, 0.25) is 0 Å². The molecule has 73 heavy (non-hydrogen) atoms. The lowest BCUT2D eigenvalue weighted by atomic mass is 9.72. The molecule has 4 aliphatic rings. The van der Waals surface area contributed by atoms with Crippen molar-refractivity contribution in [3.8, 4) is 44.5 Å². The minimum Gasteiger partial charge on any atom is -0.456 e. The van der Waals surface area contributed by atoms with Gasteiger partial charge in [-0.15, -0.1) is 0 Å². The molecule has 356 valence electrons. The summed E-state index contributed by atoms with van der Waals surface area (Å²) in [4.78, 5) is 0. The van der Waals surface area contributed by atoms with Crippen LogP contribution < -0.4 is 0 Å². The van der Waals surface area contributed by atoms with Crippen molar-refractivity contribution >= 4 is 43.9 Å². The minimum absolute atomic E-state index is 0.143. The van der Waals surface area contributed by atoms with Crippen LogP contribution in [-0.2, 0) is 34.5 Å². The predicted octanol–water partition coefficient (Wildman–Crippen LogP) is 18.9. The van der Waals surface area contributed by atoms with E-state index in [9.17, 15) is 0 Å². The second-order valence-corrected chi connectivity index (χ2v) is 24.4. The number of benzene rings is 9. The Morgan fingerprint density at radius 1 is 0.370 bits per heavy atom. The van der Waals surface area contributed by atoms with Crippen LogP contribution in [0.1, 0.15) is 134 Å². The van der Waals surface area contributed by atoms with E-state index in [0.29, 0.717) is 0 Å². The summed E-state index contributed by atoms with van der Waals surface area (Å²) in [5.41, 5.74) is 32.2. The highest BCUT2D eigenvalue weighted by Crippen LogP contribution is 2.64. The molecule has 0 aliphatic heterocycles. The second-order valence-electron chi connectivity index (χ2n) is 24.4. The maximum absolute atomic E-state index is 6.98. The van der Waals surface area contributed by atoms with Gasteiger partial charge in [-0.05, 0) is 174 Å². The fourth-order valence-corrected chi connectivity index (χ4v) is 15.5. The van der Waals surface area contributed by atoms with E-state index < -0.39 is 0 Å². The Labute approximate surface area is 428 Å². The van der Waals surface area contributed by atoms with E-state index >= 15 is 0 Å². The fourth-order valence-electron chi connectivity index (χ4n) is 15.5. The first-order valence-electron chi connectivity index (χ1n) is 26.6. The maximum atomic E-state index is 6.98. The number of fused-ring (bicyclic) bond motifs is 22. The smallest absolute Gasteiger partial charge is 0.144 e. The lowest BCUT2D eigenvalue weighted by molar-refractivity contribution is 0.598. The third kappa shape index (κ3) is 5.49. The zero-order valence-corrected chi connectivity index (χ0v) is 43.7. The monoisotopic (exact) mass is 944 g/mol. The lowest BCUT2D eigenvalue weighted by Gasteiger charge is -2.31. The normalized spacial score (nSPS) is 16.8. The first-order valence-corrected chi connectivity index (χ1v) is 26.6. The van der Waals surface area contributed by atoms with E-state index in [4.69, 9.17) is 8.83 Å². The lowest BCUT2D eigenvalue weighted by Crippen LogP contribution is -2.24. The fraction of sp³-hybridized carbons (Fsp3) is 0.239. The van der Waals surface area contributed by atoms with Gasteiger partial charge in [0.1, 0.15) is 22.3 Å². The van der Waals surface area contributed by atoms with Crippen molar-refractivity contribution in [1.82, 2.24) is 0 Å². The van der Waals surface area contributed by atoms with Crippen molar-refractivity contribution < 1.29 is 8.83 Å². The van der Waals surface area contributed by atoms with Crippen LogP contribution in [0.25, 0.3) is 88.4 Å². The first-order chi connectivity index (χ1) is 35.0. The molecule has 2 heterocycles. The molecule has 1 unspecified atom stereocenters. The van der Waals surface area contributed by atoms with Crippen molar-refractivity contribution in [2.24, 2.45) is 0 Å². The summed E-state index contributed by atoms with van der Waals surface area (Å²) in [5.74, 6) is 0.284. The quantitative estimate of drug-likeness (QED) is 0.172. The third-order valence-electron chi connectivity index (χ3n) is 18.9. The van der Waals surface area contributed by atoms with Gasteiger partial charge < -0.3 is 8.83 Å². The minimum atomic E-state index is -0.235. The summed E-state index contributed by atoms with van der Waals surface area (Å²) in [7, 11) is 0. The molecule has 0 saturated carbocycles. The highest BCUT2D eigenvalue weighted by molar-refractivity contribution is 6.21. The van der Waals surface area contributed by atoms with E-state index in [-0.39, 0.29) is 27.6 Å². The molecule has 0 fully saturated rings. The highest BCUT2D eigenvalue weighted by atomic mass is 16.3. The number of furan rings is 2. The molecule has 0 amide bonds. The van der Waals surface area contributed by atoms with Gasteiger partial charge in [-0.1, -0.05) is 177 Å². The predicted molar refractivity (Wildman–Crippen MR) is 304 cm³/mol. The van der Waals surface area contributed by atoms with E-state index in [0.717, 1.165) is 35.2 Å². The van der Waals surface area contributed by atoms with Gasteiger partial charge >= 0.3 is 0 Å². The molecular formula is C71H60O2. The maximum Gasteiger partial charge on any atom is 0.144 e. The van der Waals surface area contributed by atoms with Crippen molar-refractivity contribution in [2.75, 3.05) is 0 Å². The number of hydrogen-bond donors (Lipinski definition) is 0. The number of aryl methyl sites for hydroxylation is 2. The van der Waals surface area contributed by atoms with Gasteiger partial charge in [0.15, 0.2) is 0 Å². The molecule has 2 nitrogen and oxygen atoms in total. The van der Waals surface area contributed by atoms with Crippen LogP contribution in [0.5, 0.6) is 0 Å². The van der Waals surface area contributed by atoms with Crippen LogP contribution in [0.2, 0.25) is 0 Å². The zero-order valence-electron chi connectivity index (χ0n) is 43.7. The van der Waals surface area contributed by atoms with Crippen LogP contribution in [-0.4, -0.2) is 0 Å². The Balaban J connectivity index is 0.834. The molecule has 15 rings (SSSR count). The Kier molecular flexibility index (Phi) is 8.40.